The molecule has 2 heterocycles. The molecule has 2 aromatic heterocycles. The van der Waals surface area contributed by atoms with Crippen LogP contribution in [0.25, 0.3) is 11.5 Å². The molecular weight excluding hydrogens is 262 g/mol. The van der Waals surface area contributed by atoms with Gasteiger partial charge in [0.2, 0.25) is 0 Å². The summed E-state index contributed by atoms with van der Waals surface area (Å²) in [6.45, 7) is 9.20. The van der Waals surface area contributed by atoms with E-state index in [-0.39, 0.29) is 0 Å². The van der Waals surface area contributed by atoms with E-state index in [1.807, 2.05) is 33.9 Å². The molecule has 1 N–H and O–H groups in total. The first-order chi connectivity index (χ1) is 10.0. The molecule has 0 saturated carbocycles. The van der Waals surface area contributed by atoms with Crippen LogP contribution in [0.2, 0.25) is 0 Å². The predicted molar refractivity (Wildman–Crippen MR) is 84.1 cm³/mol. The molecule has 5 heteroatoms. The van der Waals surface area contributed by atoms with Crippen molar-refractivity contribution in [3.8, 4) is 11.5 Å². The zero-order chi connectivity index (χ0) is 15.4. The highest BCUT2D eigenvalue weighted by molar-refractivity contribution is 5.49. The molecule has 0 aliphatic rings. The van der Waals surface area contributed by atoms with Crippen LogP contribution in [0.1, 0.15) is 29.7 Å². The predicted octanol–water partition coefficient (Wildman–Crippen LogP) is 2.26. The molecule has 0 aromatic carbocycles. The Bertz CT molecular complexity index is 601. The average Bonchev–Trinajstić information content (AvgIpc) is 2.43. The first-order valence-corrected chi connectivity index (χ1v) is 7.30. The second-order valence-corrected chi connectivity index (χ2v) is 5.55. The van der Waals surface area contributed by atoms with Gasteiger partial charge in [-0.15, -0.1) is 0 Å². The lowest BCUT2D eigenvalue weighted by atomic mass is 9.98. The summed E-state index contributed by atoms with van der Waals surface area (Å²) in [5, 5.41) is 3.21. The number of hydrogen-bond donors (Lipinski definition) is 1. The van der Waals surface area contributed by atoms with Gasteiger partial charge in [0, 0.05) is 17.6 Å². The highest BCUT2D eigenvalue weighted by atomic mass is 15.0. The largest absolute Gasteiger partial charge is 0.319 e. The van der Waals surface area contributed by atoms with E-state index >= 15 is 0 Å². The Kier molecular flexibility index (Phi) is 4.96. The fourth-order valence-corrected chi connectivity index (χ4v) is 2.50. The van der Waals surface area contributed by atoms with Crippen molar-refractivity contribution < 1.29 is 0 Å². The van der Waals surface area contributed by atoms with Gasteiger partial charge in [0.15, 0.2) is 5.82 Å². The summed E-state index contributed by atoms with van der Waals surface area (Å²) in [7, 11) is 1.98. The van der Waals surface area contributed by atoms with Gasteiger partial charge < -0.3 is 5.32 Å². The molecule has 0 radical (unpaired) electrons. The number of aromatic nitrogens is 4. The van der Waals surface area contributed by atoms with Crippen LogP contribution in [0.3, 0.4) is 0 Å². The second kappa shape index (κ2) is 6.72. The Balaban J connectivity index is 2.33. The molecule has 0 saturated heterocycles. The van der Waals surface area contributed by atoms with Gasteiger partial charge in [-0.2, -0.15) is 0 Å². The molecule has 0 amide bonds. The molecule has 1 unspecified atom stereocenters. The molecule has 21 heavy (non-hydrogen) atoms. The minimum absolute atomic E-state index is 0.558. The summed E-state index contributed by atoms with van der Waals surface area (Å²) < 4.78 is 0. The molecule has 1 atom stereocenters. The van der Waals surface area contributed by atoms with E-state index in [9.17, 15) is 0 Å². The van der Waals surface area contributed by atoms with E-state index in [4.69, 9.17) is 0 Å². The standard InChI is InChI=1S/C16H23N5/c1-10(9-17-5)8-14-11(2)19-16(20-12(14)3)15-6-7-18-13(4)21-15/h6-7,10,17H,8-9H2,1-5H3. The van der Waals surface area contributed by atoms with E-state index in [1.165, 1.54) is 5.56 Å². The summed E-state index contributed by atoms with van der Waals surface area (Å²) >= 11 is 0. The molecule has 0 aliphatic carbocycles. The number of nitrogens with zero attached hydrogens (tertiary/aromatic N) is 4. The normalized spacial score (nSPS) is 12.4. The van der Waals surface area contributed by atoms with Gasteiger partial charge in [-0.1, -0.05) is 6.92 Å². The first-order valence-electron chi connectivity index (χ1n) is 7.30. The lowest BCUT2D eigenvalue weighted by molar-refractivity contribution is 0.537. The summed E-state index contributed by atoms with van der Waals surface area (Å²) in [4.78, 5) is 17.8. The van der Waals surface area contributed by atoms with Crippen molar-refractivity contribution in [2.45, 2.75) is 34.1 Å². The van der Waals surface area contributed by atoms with Crippen molar-refractivity contribution >= 4 is 0 Å². The molecule has 0 aliphatic heterocycles. The van der Waals surface area contributed by atoms with E-state index in [1.54, 1.807) is 6.20 Å². The van der Waals surface area contributed by atoms with E-state index < -0.39 is 0 Å². The molecule has 0 bridgehead atoms. The first kappa shape index (κ1) is 15.5. The van der Waals surface area contributed by atoms with Crippen molar-refractivity contribution in [1.82, 2.24) is 25.3 Å². The summed E-state index contributed by atoms with van der Waals surface area (Å²) in [6.07, 6.45) is 2.73. The van der Waals surface area contributed by atoms with Crippen LogP contribution in [-0.2, 0) is 6.42 Å². The van der Waals surface area contributed by atoms with Crippen LogP contribution in [-0.4, -0.2) is 33.5 Å². The van der Waals surface area contributed by atoms with Crippen LogP contribution >= 0.6 is 0 Å². The number of hydrogen-bond acceptors (Lipinski definition) is 5. The van der Waals surface area contributed by atoms with Crippen LogP contribution < -0.4 is 5.32 Å². The van der Waals surface area contributed by atoms with Crippen LogP contribution in [0, 0.1) is 26.7 Å². The Morgan fingerprint density at radius 2 is 1.76 bits per heavy atom. The van der Waals surface area contributed by atoms with Gasteiger partial charge in [-0.05, 0) is 58.3 Å². The molecule has 0 fully saturated rings. The minimum atomic E-state index is 0.558. The molecule has 2 rings (SSSR count). The average molecular weight is 285 g/mol. The molecule has 112 valence electrons. The Labute approximate surface area is 126 Å². The summed E-state index contributed by atoms with van der Waals surface area (Å²) in [5.41, 5.74) is 4.10. The maximum Gasteiger partial charge on any atom is 0.178 e. The van der Waals surface area contributed by atoms with Crippen LogP contribution in [0.4, 0.5) is 0 Å². The van der Waals surface area contributed by atoms with Crippen LogP contribution in [0.15, 0.2) is 12.3 Å². The van der Waals surface area contributed by atoms with Crippen molar-refractivity contribution in [3.05, 3.63) is 35.0 Å². The topological polar surface area (TPSA) is 63.6 Å². The zero-order valence-electron chi connectivity index (χ0n) is 13.4. The smallest absolute Gasteiger partial charge is 0.178 e. The van der Waals surface area contributed by atoms with Gasteiger partial charge in [0.1, 0.15) is 11.5 Å². The third-order valence-corrected chi connectivity index (χ3v) is 3.53. The monoisotopic (exact) mass is 285 g/mol. The SMILES string of the molecule is CNCC(C)Cc1c(C)nc(-c2ccnc(C)n2)nc1C. The Hall–Kier alpha value is -1.88. The van der Waals surface area contributed by atoms with Crippen molar-refractivity contribution in [2.24, 2.45) is 5.92 Å². The van der Waals surface area contributed by atoms with Crippen molar-refractivity contribution in [2.75, 3.05) is 13.6 Å². The van der Waals surface area contributed by atoms with Gasteiger partial charge in [0.05, 0.1) is 0 Å². The molecular formula is C16H23N5. The third kappa shape index (κ3) is 3.82. The lowest BCUT2D eigenvalue weighted by Crippen LogP contribution is -2.19. The van der Waals surface area contributed by atoms with Crippen LogP contribution in [0.5, 0.6) is 0 Å². The zero-order valence-corrected chi connectivity index (χ0v) is 13.4. The van der Waals surface area contributed by atoms with E-state index in [2.05, 4.69) is 32.2 Å². The van der Waals surface area contributed by atoms with Crippen molar-refractivity contribution in [1.29, 1.82) is 0 Å². The minimum Gasteiger partial charge on any atom is -0.319 e. The molecule has 2 aromatic rings. The fraction of sp³-hybridized carbons (Fsp3) is 0.500. The van der Waals surface area contributed by atoms with Gasteiger partial charge in [0.25, 0.3) is 0 Å². The van der Waals surface area contributed by atoms with Gasteiger partial charge in [-0.25, -0.2) is 19.9 Å². The Morgan fingerprint density at radius 3 is 2.33 bits per heavy atom. The summed E-state index contributed by atoms with van der Waals surface area (Å²) in [6, 6.07) is 1.85. The van der Waals surface area contributed by atoms with Gasteiger partial charge >= 0.3 is 0 Å². The number of aryl methyl sites for hydroxylation is 3. The fourth-order valence-electron chi connectivity index (χ4n) is 2.50. The third-order valence-electron chi connectivity index (χ3n) is 3.53. The van der Waals surface area contributed by atoms with E-state index in [0.29, 0.717) is 11.7 Å². The maximum absolute atomic E-state index is 4.64. The van der Waals surface area contributed by atoms with E-state index in [0.717, 1.165) is 35.9 Å². The second-order valence-electron chi connectivity index (χ2n) is 5.55. The number of rotatable bonds is 5. The Morgan fingerprint density at radius 1 is 1.10 bits per heavy atom. The highest BCUT2D eigenvalue weighted by Gasteiger charge is 2.13. The number of nitrogens with one attached hydrogen (secondary N) is 1. The maximum atomic E-state index is 4.64. The molecule has 0 spiro atoms. The quantitative estimate of drug-likeness (QED) is 0.913. The summed E-state index contributed by atoms with van der Waals surface area (Å²) in [5.74, 6) is 1.97. The van der Waals surface area contributed by atoms with Gasteiger partial charge in [-0.3, -0.25) is 0 Å². The highest BCUT2D eigenvalue weighted by Crippen LogP contribution is 2.19. The molecule has 5 nitrogen and oxygen atoms in total. The van der Waals surface area contributed by atoms with Crippen molar-refractivity contribution in [3.63, 3.8) is 0 Å². The lowest BCUT2D eigenvalue weighted by Gasteiger charge is -2.15.